The third-order valence-electron chi connectivity index (χ3n) is 3.89. The minimum atomic E-state index is -1.16. The van der Waals surface area contributed by atoms with Crippen molar-refractivity contribution in [3.8, 4) is 17.5 Å². The number of aryl methyl sites for hydroxylation is 1. The molecule has 0 atom stereocenters. The number of nitriles is 1. The second-order valence-electron chi connectivity index (χ2n) is 5.71. The maximum atomic E-state index is 11.7. The molecule has 0 saturated heterocycles. The quantitative estimate of drug-likeness (QED) is 0.703. The molecular formula is C20H14N4O3. The van der Waals surface area contributed by atoms with E-state index in [0.717, 1.165) is 5.56 Å². The van der Waals surface area contributed by atoms with E-state index < -0.39 is 5.97 Å². The molecular weight excluding hydrogens is 344 g/mol. The van der Waals surface area contributed by atoms with Gasteiger partial charge in [0, 0.05) is 5.56 Å². The zero-order valence-electron chi connectivity index (χ0n) is 14.4. The van der Waals surface area contributed by atoms with Crippen LogP contribution in [0.25, 0.3) is 16.2 Å². The summed E-state index contributed by atoms with van der Waals surface area (Å²) in [7, 11) is 0. The van der Waals surface area contributed by atoms with Gasteiger partial charge >= 0.3 is 5.97 Å². The van der Waals surface area contributed by atoms with E-state index in [2.05, 4.69) is 15.9 Å². The Balaban J connectivity index is 2.00. The van der Waals surface area contributed by atoms with Gasteiger partial charge in [0.15, 0.2) is 17.2 Å². The third kappa shape index (κ3) is 3.63. The lowest BCUT2D eigenvalue weighted by Gasteiger charge is -2.12. The van der Waals surface area contributed by atoms with Gasteiger partial charge in [-0.15, -0.1) is 0 Å². The van der Waals surface area contributed by atoms with Crippen molar-refractivity contribution < 1.29 is 14.7 Å². The molecule has 3 aromatic rings. The summed E-state index contributed by atoms with van der Waals surface area (Å²) in [5, 5.41) is 18.6. The first kappa shape index (κ1) is 17.7. The lowest BCUT2D eigenvalue weighted by atomic mass is 10.1. The molecule has 0 spiro atoms. The average Bonchev–Trinajstić information content (AvgIpc) is 3.03. The van der Waals surface area contributed by atoms with E-state index in [-0.39, 0.29) is 12.3 Å². The summed E-state index contributed by atoms with van der Waals surface area (Å²) in [6, 6.07) is 15.6. The van der Waals surface area contributed by atoms with Crippen LogP contribution in [-0.2, 0) is 6.61 Å². The summed E-state index contributed by atoms with van der Waals surface area (Å²) in [6.45, 7) is 8.66. The first-order chi connectivity index (χ1) is 13.0. The molecule has 0 aliphatic rings. The highest BCUT2D eigenvalue weighted by atomic mass is 16.7. The van der Waals surface area contributed by atoms with Crippen molar-refractivity contribution >= 4 is 11.7 Å². The molecule has 0 radical (unpaired) electrons. The van der Waals surface area contributed by atoms with Crippen molar-refractivity contribution in [3.63, 3.8) is 0 Å². The molecule has 0 bridgehead atoms. The van der Waals surface area contributed by atoms with Gasteiger partial charge in [0.25, 0.3) is 0 Å². The molecule has 1 aromatic heterocycles. The first-order valence-electron chi connectivity index (χ1n) is 7.96. The highest BCUT2D eigenvalue weighted by Crippen LogP contribution is 2.23. The fourth-order valence-electron chi connectivity index (χ4n) is 2.59. The number of nitrogens with zero attached hydrogens (tertiary/aromatic N) is 4. The second-order valence-corrected chi connectivity index (χ2v) is 5.71. The van der Waals surface area contributed by atoms with E-state index >= 15 is 0 Å². The Morgan fingerprint density at radius 2 is 2.07 bits per heavy atom. The van der Waals surface area contributed by atoms with Gasteiger partial charge in [-0.2, -0.15) is 9.99 Å². The van der Waals surface area contributed by atoms with Crippen molar-refractivity contribution in [2.45, 2.75) is 13.5 Å². The van der Waals surface area contributed by atoms with E-state index in [1.54, 1.807) is 55.5 Å². The monoisotopic (exact) mass is 358 g/mol. The SMILES string of the molecule is [C-]#[N+]c1ccc(COn2c(-c3cccc(C#N)c3)nc(C)c2C(=O)O)cc1. The molecule has 132 valence electrons. The van der Waals surface area contributed by atoms with Crippen LogP contribution in [0.2, 0.25) is 0 Å². The molecule has 3 rings (SSSR count). The summed E-state index contributed by atoms with van der Waals surface area (Å²) < 4.78 is 1.18. The predicted molar refractivity (Wildman–Crippen MR) is 97.1 cm³/mol. The number of benzene rings is 2. The van der Waals surface area contributed by atoms with Crippen LogP contribution in [0.5, 0.6) is 0 Å². The number of carboxylic acid groups (broad SMARTS) is 1. The predicted octanol–water partition coefficient (Wildman–Crippen LogP) is 3.61. The zero-order chi connectivity index (χ0) is 19.4. The van der Waals surface area contributed by atoms with E-state index in [1.807, 2.05) is 0 Å². The standard InChI is InChI=1S/C20H14N4O3/c1-13-18(20(25)26)24(27-12-14-6-8-17(22-2)9-7-14)19(23-13)16-5-3-4-15(10-16)11-21/h3-10H,12H2,1H3,(H,25,26). The van der Waals surface area contributed by atoms with Crippen molar-refractivity contribution in [1.29, 1.82) is 5.26 Å². The topological polar surface area (TPSA) is 92.5 Å². The maximum Gasteiger partial charge on any atom is 0.357 e. The molecule has 7 nitrogen and oxygen atoms in total. The molecule has 27 heavy (non-hydrogen) atoms. The summed E-state index contributed by atoms with van der Waals surface area (Å²) in [5.74, 6) is -0.856. The van der Waals surface area contributed by atoms with Crippen LogP contribution < -0.4 is 4.84 Å². The van der Waals surface area contributed by atoms with E-state index in [1.165, 1.54) is 4.73 Å². The molecule has 0 fully saturated rings. The average molecular weight is 358 g/mol. The lowest BCUT2D eigenvalue weighted by Crippen LogP contribution is -2.19. The van der Waals surface area contributed by atoms with Crippen molar-refractivity contribution in [3.05, 3.63) is 82.5 Å². The van der Waals surface area contributed by atoms with Crippen LogP contribution in [-0.4, -0.2) is 20.8 Å². The Morgan fingerprint density at radius 3 is 2.70 bits per heavy atom. The minimum absolute atomic E-state index is 0.0786. The molecule has 1 heterocycles. The molecule has 1 N–H and O–H groups in total. The first-order valence-corrected chi connectivity index (χ1v) is 7.96. The van der Waals surface area contributed by atoms with Crippen LogP contribution in [0.1, 0.15) is 27.3 Å². The smallest absolute Gasteiger partial charge is 0.357 e. The number of aromatic carboxylic acids is 1. The Morgan fingerprint density at radius 1 is 1.33 bits per heavy atom. The number of hydrogen-bond acceptors (Lipinski definition) is 4. The molecule has 2 aromatic carbocycles. The fourth-order valence-corrected chi connectivity index (χ4v) is 2.59. The number of hydrogen-bond donors (Lipinski definition) is 1. The van der Waals surface area contributed by atoms with E-state index in [0.29, 0.717) is 28.3 Å². The zero-order valence-corrected chi connectivity index (χ0v) is 14.4. The van der Waals surface area contributed by atoms with Crippen molar-refractivity contribution in [1.82, 2.24) is 9.71 Å². The van der Waals surface area contributed by atoms with Gasteiger partial charge in [-0.1, -0.05) is 36.4 Å². The van der Waals surface area contributed by atoms with Gasteiger partial charge in [-0.25, -0.2) is 14.6 Å². The van der Waals surface area contributed by atoms with Crippen LogP contribution >= 0.6 is 0 Å². The van der Waals surface area contributed by atoms with Crippen LogP contribution in [0, 0.1) is 24.8 Å². The van der Waals surface area contributed by atoms with E-state index in [4.69, 9.17) is 16.7 Å². The highest BCUT2D eigenvalue weighted by molar-refractivity contribution is 5.88. The fraction of sp³-hybridized carbons (Fsp3) is 0.100. The van der Waals surface area contributed by atoms with Gasteiger partial charge in [-0.3, -0.25) is 0 Å². The molecule has 0 unspecified atom stereocenters. The van der Waals surface area contributed by atoms with Gasteiger partial charge in [-0.05, 0) is 24.6 Å². The molecule has 7 heteroatoms. The van der Waals surface area contributed by atoms with Gasteiger partial charge in [0.2, 0.25) is 0 Å². The second kappa shape index (κ2) is 7.42. The van der Waals surface area contributed by atoms with Gasteiger partial charge < -0.3 is 9.94 Å². The molecule has 0 amide bonds. The Kier molecular flexibility index (Phi) is 4.87. The molecule has 0 aliphatic heterocycles. The van der Waals surface area contributed by atoms with Gasteiger partial charge in [0.05, 0.1) is 23.9 Å². The number of carbonyl (C=O) groups is 1. The minimum Gasteiger partial charge on any atom is -0.476 e. The molecule has 0 aliphatic carbocycles. The Labute approximate surface area is 155 Å². The number of carboxylic acids is 1. The number of aromatic nitrogens is 2. The van der Waals surface area contributed by atoms with Crippen molar-refractivity contribution in [2.75, 3.05) is 0 Å². The largest absolute Gasteiger partial charge is 0.476 e. The van der Waals surface area contributed by atoms with Crippen LogP contribution in [0.3, 0.4) is 0 Å². The van der Waals surface area contributed by atoms with Crippen LogP contribution in [0.15, 0.2) is 48.5 Å². The van der Waals surface area contributed by atoms with Crippen LogP contribution in [0.4, 0.5) is 5.69 Å². The highest BCUT2D eigenvalue weighted by Gasteiger charge is 2.23. The normalized spacial score (nSPS) is 10.0. The lowest BCUT2D eigenvalue weighted by molar-refractivity contribution is 0.0574. The summed E-state index contributed by atoms with van der Waals surface area (Å²) in [4.78, 5) is 25.1. The van der Waals surface area contributed by atoms with Crippen molar-refractivity contribution in [2.24, 2.45) is 0 Å². The Hall–Kier alpha value is -4.10. The summed E-state index contributed by atoms with van der Waals surface area (Å²) in [6.07, 6.45) is 0. The Bertz CT molecular complexity index is 1090. The number of imidazole rings is 1. The summed E-state index contributed by atoms with van der Waals surface area (Å²) >= 11 is 0. The number of rotatable bonds is 5. The third-order valence-corrected chi connectivity index (χ3v) is 3.89. The molecule has 0 saturated carbocycles. The van der Waals surface area contributed by atoms with Gasteiger partial charge in [0.1, 0.15) is 6.61 Å². The van der Waals surface area contributed by atoms with E-state index in [9.17, 15) is 9.90 Å². The maximum absolute atomic E-state index is 11.7. The summed E-state index contributed by atoms with van der Waals surface area (Å²) in [5.41, 5.74) is 2.53.